The second-order valence-electron chi connectivity index (χ2n) is 24.8. The molecular formula is C81H41N3O2. The van der Waals surface area contributed by atoms with Crippen LogP contribution >= 0.6 is 0 Å². The van der Waals surface area contributed by atoms with E-state index in [2.05, 4.69) is 241 Å². The van der Waals surface area contributed by atoms with Crippen molar-refractivity contribution in [2.24, 2.45) is 0 Å². The Bertz CT molecular complexity index is 6180. The summed E-state index contributed by atoms with van der Waals surface area (Å²) >= 11 is 0. The lowest BCUT2D eigenvalue weighted by Gasteiger charge is -2.59. The first-order chi connectivity index (χ1) is 42.6. The van der Waals surface area contributed by atoms with Gasteiger partial charge in [-0.3, -0.25) is 0 Å². The quantitative estimate of drug-likeness (QED) is 0.173. The molecule has 4 heterocycles. The normalized spacial score (nSPS) is 19.0. The predicted molar refractivity (Wildman–Crippen MR) is 343 cm³/mol. The Hall–Kier alpha value is -11.2. The van der Waals surface area contributed by atoms with Crippen molar-refractivity contribution in [1.29, 1.82) is 10.5 Å². The molecule has 3 unspecified atom stereocenters. The van der Waals surface area contributed by atoms with Gasteiger partial charge in [-0.15, -0.1) is 0 Å². The smallest absolute Gasteiger partial charge is 0.136 e. The Balaban J connectivity index is 1.05. The van der Waals surface area contributed by atoms with Gasteiger partial charge in [0.05, 0.1) is 39.8 Å². The summed E-state index contributed by atoms with van der Waals surface area (Å²) in [5.41, 5.74) is 26.8. The number of hydrogen-bond donors (Lipinski definition) is 0. The van der Waals surface area contributed by atoms with Crippen molar-refractivity contribution in [2.45, 2.75) is 29.1 Å². The van der Waals surface area contributed by atoms with Crippen molar-refractivity contribution in [3.05, 3.63) is 302 Å². The number of benzene rings is 13. The zero-order chi connectivity index (χ0) is 55.7. The van der Waals surface area contributed by atoms with Gasteiger partial charge in [-0.25, -0.2) is 0 Å². The summed E-state index contributed by atoms with van der Waals surface area (Å²) in [4.78, 5) is 0. The first-order valence-electron chi connectivity index (χ1n) is 29.9. The minimum absolute atomic E-state index is 0.00298. The molecule has 392 valence electrons. The molecule has 5 nitrogen and oxygen atoms in total. The van der Waals surface area contributed by atoms with E-state index in [1.165, 1.54) is 61.0 Å². The summed E-state index contributed by atoms with van der Waals surface area (Å²) in [6, 6.07) is 88.0. The SMILES string of the molecule is N#Cc1cc2c(c3c1C1c4ccccc4C3c3ccccc31)c1c(-c3c4ccccc4cc4oc5ccccc5c34)cc(-c3c4ccccc4cc4oc5ccccc5c34)c3c4c5c(c(C#N)cc4n2c13)C1c2ccccc2C2c3ccccc3C521. The minimum Gasteiger partial charge on any atom is -0.456 e. The van der Waals surface area contributed by atoms with E-state index in [4.69, 9.17) is 8.83 Å². The van der Waals surface area contributed by atoms with Crippen molar-refractivity contribution in [2.75, 3.05) is 0 Å². The summed E-state index contributed by atoms with van der Waals surface area (Å²) in [5.74, 6) is -0.219. The van der Waals surface area contributed by atoms with Crippen molar-refractivity contribution in [3.8, 4) is 34.4 Å². The standard InChI is InChI=1S/C81H41N3O2/c82-38-42-33-58-74(76-64(42)68-46-21-5-7-23-48(46)69(76)49-24-8-6-22-47(49)68)72-55(66-44-19-3-1-17-40(44)35-62-70(66)53-28-12-15-31-60(53)85-62)37-56(67-45-20-4-2-18-41(45)36-63-71(67)54-29-13-16-32-61(54)86-63)73-75-59(84(58)80(72)73)34-43(39-83)65-78-51-26-10-9-25-50(51)77-52-27-11-14-30-57(52)81(77,78)79(65)75/h1-37,68-69,77-78H. The summed E-state index contributed by atoms with van der Waals surface area (Å²) in [6.45, 7) is 0. The van der Waals surface area contributed by atoms with E-state index in [1.807, 2.05) is 0 Å². The first-order valence-corrected chi connectivity index (χ1v) is 29.9. The van der Waals surface area contributed by atoms with Crippen LogP contribution in [0, 0.1) is 22.7 Å². The largest absolute Gasteiger partial charge is 0.456 e. The van der Waals surface area contributed by atoms with Crippen molar-refractivity contribution in [1.82, 2.24) is 4.40 Å². The van der Waals surface area contributed by atoms with Crippen molar-refractivity contribution in [3.63, 3.8) is 0 Å². The summed E-state index contributed by atoms with van der Waals surface area (Å²) in [5, 5.41) is 37.1. The minimum atomic E-state index is -0.424. The van der Waals surface area contributed by atoms with Crippen LogP contribution in [0.3, 0.4) is 0 Å². The van der Waals surface area contributed by atoms with Crippen LogP contribution in [-0.2, 0) is 5.41 Å². The maximum Gasteiger partial charge on any atom is 0.136 e. The number of para-hydroxylation sites is 2. The van der Waals surface area contributed by atoms with Crippen LogP contribution in [-0.4, -0.2) is 4.40 Å². The Labute approximate surface area is 490 Å². The average Bonchev–Trinajstić information content (AvgIpc) is 1.39. The van der Waals surface area contributed by atoms with Gasteiger partial charge in [-0.2, -0.15) is 10.5 Å². The monoisotopic (exact) mass is 1090 g/mol. The molecule has 13 aromatic carbocycles. The fourth-order valence-electron chi connectivity index (χ4n) is 18.8. The lowest BCUT2D eigenvalue weighted by atomic mass is 9.42. The lowest BCUT2D eigenvalue weighted by Crippen LogP contribution is -2.53. The van der Waals surface area contributed by atoms with E-state index >= 15 is 0 Å². The molecule has 0 fully saturated rings. The van der Waals surface area contributed by atoms with Gasteiger partial charge in [0.15, 0.2) is 0 Å². The molecule has 0 radical (unpaired) electrons. The van der Waals surface area contributed by atoms with E-state index in [0.29, 0.717) is 11.1 Å². The topological polar surface area (TPSA) is 78.3 Å². The zero-order valence-corrected chi connectivity index (χ0v) is 45.8. The molecule has 0 N–H and O–H groups in total. The fourth-order valence-corrected chi connectivity index (χ4v) is 18.8. The van der Waals surface area contributed by atoms with Crippen LogP contribution in [0.2, 0.25) is 0 Å². The molecule has 6 aliphatic rings. The zero-order valence-electron chi connectivity index (χ0n) is 45.8. The molecule has 6 aliphatic carbocycles. The molecule has 4 aromatic heterocycles. The number of fused-ring (bicyclic) bond motifs is 22. The van der Waals surface area contributed by atoms with Gasteiger partial charge < -0.3 is 13.2 Å². The van der Waals surface area contributed by atoms with Gasteiger partial charge in [0, 0.05) is 83.3 Å². The van der Waals surface area contributed by atoms with E-state index in [9.17, 15) is 10.5 Å². The molecule has 86 heavy (non-hydrogen) atoms. The Morgan fingerprint density at radius 2 is 0.802 bits per heavy atom. The highest BCUT2D eigenvalue weighted by Crippen LogP contribution is 2.79. The first kappa shape index (κ1) is 44.4. The molecule has 0 saturated heterocycles. The summed E-state index contributed by atoms with van der Waals surface area (Å²) in [7, 11) is 0. The molecule has 0 aliphatic heterocycles. The molecule has 5 heteroatoms. The van der Waals surface area contributed by atoms with Gasteiger partial charge in [0.1, 0.15) is 22.3 Å². The van der Waals surface area contributed by atoms with Crippen LogP contribution in [0.4, 0.5) is 0 Å². The van der Waals surface area contributed by atoms with Crippen LogP contribution in [0.1, 0.15) is 102 Å². The van der Waals surface area contributed by atoms with Gasteiger partial charge in [-0.1, -0.05) is 182 Å². The van der Waals surface area contributed by atoms with Crippen LogP contribution in [0.25, 0.3) is 126 Å². The molecule has 2 bridgehead atoms. The number of hydrogen-bond acceptors (Lipinski definition) is 4. The van der Waals surface area contributed by atoms with Gasteiger partial charge in [0.2, 0.25) is 0 Å². The Kier molecular flexibility index (Phi) is 7.70. The number of aromatic nitrogens is 1. The third kappa shape index (κ3) is 4.75. The number of nitrogens with zero attached hydrogens (tertiary/aromatic N) is 3. The average molecular weight is 1090 g/mol. The molecule has 3 atom stereocenters. The molecule has 0 amide bonds. The highest BCUT2D eigenvalue weighted by molar-refractivity contribution is 6.37. The predicted octanol–water partition coefficient (Wildman–Crippen LogP) is 19.9. The molecule has 0 saturated carbocycles. The molecule has 23 rings (SSSR count). The highest BCUT2D eigenvalue weighted by atomic mass is 16.3. The van der Waals surface area contributed by atoms with Gasteiger partial charge in [0.25, 0.3) is 0 Å². The maximum absolute atomic E-state index is 11.9. The van der Waals surface area contributed by atoms with E-state index in [-0.39, 0.29) is 23.7 Å². The number of rotatable bonds is 2. The number of nitriles is 2. The fraction of sp³-hybridized carbons (Fsp3) is 0.0617. The lowest BCUT2D eigenvalue weighted by molar-refractivity contribution is 0.336. The maximum atomic E-state index is 11.9. The van der Waals surface area contributed by atoms with Gasteiger partial charge in [-0.05, 0) is 142 Å². The third-order valence-corrected chi connectivity index (χ3v) is 21.6. The van der Waals surface area contributed by atoms with Gasteiger partial charge >= 0.3 is 0 Å². The second-order valence-corrected chi connectivity index (χ2v) is 24.8. The molecular weight excluding hydrogens is 1050 g/mol. The third-order valence-electron chi connectivity index (χ3n) is 21.6. The second kappa shape index (κ2) is 14.9. The highest BCUT2D eigenvalue weighted by Gasteiger charge is 2.71. The van der Waals surface area contributed by atoms with Crippen molar-refractivity contribution >= 4 is 104 Å². The Morgan fingerprint density at radius 3 is 1.37 bits per heavy atom. The summed E-state index contributed by atoms with van der Waals surface area (Å²) in [6.07, 6.45) is 0. The number of furan rings is 2. The van der Waals surface area contributed by atoms with Crippen LogP contribution in [0.5, 0.6) is 0 Å². The Morgan fingerprint density at radius 1 is 0.360 bits per heavy atom. The van der Waals surface area contributed by atoms with Crippen LogP contribution in [0.15, 0.2) is 233 Å². The van der Waals surface area contributed by atoms with Crippen molar-refractivity contribution < 1.29 is 8.83 Å². The van der Waals surface area contributed by atoms with E-state index in [1.54, 1.807) is 0 Å². The van der Waals surface area contributed by atoms with E-state index in [0.717, 1.165) is 132 Å². The molecule has 1 spiro atoms. The summed E-state index contributed by atoms with van der Waals surface area (Å²) < 4.78 is 16.6. The molecule has 17 aromatic rings. The van der Waals surface area contributed by atoms with E-state index < -0.39 is 5.41 Å². The van der Waals surface area contributed by atoms with Crippen LogP contribution < -0.4 is 0 Å².